The van der Waals surface area contributed by atoms with Gasteiger partial charge >= 0.3 is 5.97 Å². The van der Waals surface area contributed by atoms with Crippen LogP contribution in [0.25, 0.3) is 0 Å². The van der Waals surface area contributed by atoms with E-state index < -0.39 is 5.97 Å². The van der Waals surface area contributed by atoms with Gasteiger partial charge in [-0.25, -0.2) is 4.79 Å². The number of carbonyl (C=O) groups excluding carboxylic acids is 1. The van der Waals surface area contributed by atoms with Gasteiger partial charge in [-0.3, -0.25) is 9.69 Å². The molecule has 2 N–H and O–H groups in total. The summed E-state index contributed by atoms with van der Waals surface area (Å²) >= 11 is 0. The molecule has 1 aliphatic carbocycles. The average Bonchev–Trinajstić information content (AvgIpc) is 2.68. The molecule has 4 rings (SSSR count). The van der Waals surface area contributed by atoms with Gasteiger partial charge in [-0.1, -0.05) is 6.42 Å². The van der Waals surface area contributed by atoms with Gasteiger partial charge in [-0.15, -0.1) is 0 Å². The number of aromatic carboxylic acids is 1. The molecule has 1 aromatic rings. The standard InChI is InChI=1S/C21H30N4O3/c26-20(24-12-10-23(11-13-24)17-2-1-3-17)14-19-15-22-8-9-25(19)18-6-4-16(5-7-18)21(27)28/h4-7,17,19,22H,1-3,8-15H2,(H,27,28). The number of rotatable bonds is 5. The Morgan fingerprint density at radius 3 is 2.36 bits per heavy atom. The molecule has 2 aliphatic heterocycles. The van der Waals surface area contributed by atoms with Gasteiger partial charge in [0.1, 0.15) is 0 Å². The number of carboxylic acids is 1. The van der Waals surface area contributed by atoms with Crippen molar-refractivity contribution in [2.45, 2.75) is 37.8 Å². The first-order valence-corrected chi connectivity index (χ1v) is 10.4. The number of carbonyl (C=O) groups is 2. The zero-order valence-corrected chi connectivity index (χ0v) is 16.3. The van der Waals surface area contributed by atoms with E-state index in [2.05, 4.69) is 15.1 Å². The summed E-state index contributed by atoms with van der Waals surface area (Å²) in [6, 6.07) is 7.83. The second kappa shape index (κ2) is 8.49. The van der Waals surface area contributed by atoms with Crippen LogP contribution in [0.15, 0.2) is 24.3 Å². The molecule has 2 heterocycles. The molecule has 1 amide bonds. The van der Waals surface area contributed by atoms with E-state index in [1.165, 1.54) is 19.3 Å². The van der Waals surface area contributed by atoms with Gasteiger partial charge < -0.3 is 20.2 Å². The second-order valence-electron chi connectivity index (χ2n) is 8.11. The Bertz CT molecular complexity index is 696. The van der Waals surface area contributed by atoms with Crippen molar-refractivity contribution >= 4 is 17.6 Å². The molecule has 0 spiro atoms. The summed E-state index contributed by atoms with van der Waals surface area (Å²) in [5.74, 6) is -0.686. The highest BCUT2D eigenvalue weighted by atomic mass is 16.4. The van der Waals surface area contributed by atoms with E-state index in [0.29, 0.717) is 6.42 Å². The highest BCUT2D eigenvalue weighted by molar-refractivity contribution is 5.88. The van der Waals surface area contributed by atoms with Gasteiger partial charge in [0.2, 0.25) is 5.91 Å². The van der Waals surface area contributed by atoms with Crippen molar-refractivity contribution in [2.24, 2.45) is 0 Å². The summed E-state index contributed by atoms with van der Waals surface area (Å²) < 4.78 is 0. The molecule has 3 fully saturated rings. The zero-order valence-electron chi connectivity index (χ0n) is 16.3. The van der Waals surface area contributed by atoms with Crippen LogP contribution in [0.3, 0.4) is 0 Å². The number of hydrogen-bond acceptors (Lipinski definition) is 5. The molecule has 1 aromatic carbocycles. The fourth-order valence-corrected chi connectivity index (χ4v) is 4.50. The SMILES string of the molecule is O=C(O)c1ccc(N2CCNCC2CC(=O)N2CCN(C3CCC3)CC2)cc1. The number of amides is 1. The fraction of sp³-hybridized carbons (Fsp3) is 0.619. The number of hydrogen-bond donors (Lipinski definition) is 2. The number of nitrogens with one attached hydrogen (secondary N) is 1. The maximum absolute atomic E-state index is 12.9. The molecule has 0 bridgehead atoms. The zero-order chi connectivity index (χ0) is 19.5. The van der Waals surface area contributed by atoms with Gasteiger partial charge in [0, 0.05) is 64.0 Å². The highest BCUT2D eigenvalue weighted by Crippen LogP contribution is 2.26. The number of piperazine rings is 2. The first-order chi connectivity index (χ1) is 13.6. The van der Waals surface area contributed by atoms with Gasteiger partial charge in [0.15, 0.2) is 0 Å². The molecule has 0 aromatic heterocycles. The van der Waals surface area contributed by atoms with E-state index >= 15 is 0 Å². The molecule has 3 aliphatic rings. The maximum atomic E-state index is 12.9. The van der Waals surface area contributed by atoms with E-state index in [1.807, 2.05) is 17.0 Å². The van der Waals surface area contributed by atoms with Crippen LogP contribution in [0.2, 0.25) is 0 Å². The minimum absolute atomic E-state index is 0.0987. The van der Waals surface area contributed by atoms with Crippen molar-refractivity contribution in [1.82, 2.24) is 15.1 Å². The minimum Gasteiger partial charge on any atom is -0.478 e. The highest BCUT2D eigenvalue weighted by Gasteiger charge is 2.31. The summed E-state index contributed by atoms with van der Waals surface area (Å²) in [4.78, 5) is 30.8. The quantitative estimate of drug-likeness (QED) is 0.793. The van der Waals surface area contributed by atoms with Crippen molar-refractivity contribution in [2.75, 3.05) is 50.7 Å². The Morgan fingerprint density at radius 2 is 1.75 bits per heavy atom. The molecule has 1 atom stereocenters. The van der Waals surface area contributed by atoms with Crippen molar-refractivity contribution in [3.63, 3.8) is 0 Å². The van der Waals surface area contributed by atoms with Gasteiger partial charge in [-0.05, 0) is 37.1 Å². The molecule has 2 saturated heterocycles. The summed E-state index contributed by atoms with van der Waals surface area (Å²) in [7, 11) is 0. The van der Waals surface area contributed by atoms with Crippen LogP contribution in [0.1, 0.15) is 36.0 Å². The summed E-state index contributed by atoms with van der Waals surface area (Å²) in [6.07, 6.45) is 4.48. The van der Waals surface area contributed by atoms with Crippen LogP contribution >= 0.6 is 0 Å². The average molecular weight is 386 g/mol. The van der Waals surface area contributed by atoms with Crippen molar-refractivity contribution in [3.05, 3.63) is 29.8 Å². The van der Waals surface area contributed by atoms with Crippen LogP contribution in [-0.4, -0.2) is 84.7 Å². The van der Waals surface area contributed by atoms with Crippen molar-refractivity contribution in [1.29, 1.82) is 0 Å². The monoisotopic (exact) mass is 386 g/mol. The second-order valence-corrected chi connectivity index (χ2v) is 8.11. The van der Waals surface area contributed by atoms with Crippen LogP contribution in [0.4, 0.5) is 5.69 Å². The lowest BCUT2D eigenvalue weighted by molar-refractivity contribution is -0.134. The molecular formula is C21H30N4O3. The first-order valence-electron chi connectivity index (χ1n) is 10.4. The Balaban J connectivity index is 1.35. The normalized spacial score (nSPS) is 24.1. The van der Waals surface area contributed by atoms with E-state index in [9.17, 15) is 9.59 Å². The number of anilines is 1. The Morgan fingerprint density at radius 1 is 1.04 bits per heavy atom. The molecule has 1 saturated carbocycles. The van der Waals surface area contributed by atoms with Crippen molar-refractivity contribution < 1.29 is 14.7 Å². The van der Waals surface area contributed by atoms with Crippen molar-refractivity contribution in [3.8, 4) is 0 Å². The lowest BCUT2D eigenvalue weighted by atomic mass is 9.91. The molecule has 152 valence electrons. The topological polar surface area (TPSA) is 76.1 Å². The lowest BCUT2D eigenvalue weighted by Gasteiger charge is -2.44. The number of benzene rings is 1. The molecule has 7 nitrogen and oxygen atoms in total. The van der Waals surface area contributed by atoms with E-state index in [0.717, 1.165) is 57.5 Å². The summed E-state index contributed by atoms with van der Waals surface area (Å²) in [5.41, 5.74) is 1.27. The van der Waals surface area contributed by atoms with E-state index in [4.69, 9.17) is 5.11 Å². The molecule has 28 heavy (non-hydrogen) atoms. The Labute approximate surface area is 166 Å². The predicted octanol–water partition coefficient (Wildman–Crippen LogP) is 1.25. The fourth-order valence-electron chi connectivity index (χ4n) is 4.50. The Hall–Kier alpha value is -2.12. The molecular weight excluding hydrogens is 356 g/mol. The third kappa shape index (κ3) is 4.15. The van der Waals surface area contributed by atoms with E-state index in [1.54, 1.807) is 12.1 Å². The molecule has 1 unspecified atom stereocenters. The largest absolute Gasteiger partial charge is 0.478 e. The number of nitrogens with zero attached hydrogens (tertiary/aromatic N) is 3. The number of carboxylic acid groups (broad SMARTS) is 1. The maximum Gasteiger partial charge on any atom is 0.335 e. The minimum atomic E-state index is -0.917. The lowest BCUT2D eigenvalue weighted by Crippen LogP contribution is -2.56. The van der Waals surface area contributed by atoms with Gasteiger partial charge in [-0.2, -0.15) is 0 Å². The smallest absolute Gasteiger partial charge is 0.335 e. The van der Waals surface area contributed by atoms with Crippen LogP contribution < -0.4 is 10.2 Å². The molecule has 0 radical (unpaired) electrons. The van der Waals surface area contributed by atoms with Crippen LogP contribution in [0.5, 0.6) is 0 Å². The third-order valence-electron chi connectivity index (χ3n) is 6.46. The summed E-state index contributed by atoms with van der Waals surface area (Å²) in [5, 5.41) is 12.5. The predicted molar refractivity (Wildman–Crippen MR) is 108 cm³/mol. The third-order valence-corrected chi connectivity index (χ3v) is 6.46. The Kier molecular flexibility index (Phi) is 5.82. The summed E-state index contributed by atoms with van der Waals surface area (Å²) in [6.45, 7) is 6.13. The molecule has 7 heteroatoms. The van der Waals surface area contributed by atoms with Crippen LogP contribution in [-0.2, 0) is 4.79 Å². The van der Waals surface area contributed by atoms with Crippen LogP contribution in [0, 0.1) is 0 Å². The first kappa shape index (κ1) is 19.2. The van der Waals surface area contributed by atoms with E-state index in [-0.39, 0.29) is 17.5 Å². The van der Waals surface area contributed by atoms with Gasteiger partial charge in [0.05, 0.1) is 11.6 Å². The van der Waals surface area contributed by atoms with Gasteiger partial charge in [0.25, 0.3) is 0 Å².